The van der Waals surface area contributed by atoms with Crippen LogP contribution in [0.15, 0.2) is 35.9 Å². The lowest BCUT2D eigenvalue weighted by Gasteiger charge is -2.22. The molecule has 0 saturated carbocycles. The van der Waals surface area contributed by atoms with E-state index in [-0.39, 0.29) is 11.8 Å². The zero-order chi connectivity index (χ0) is 17.4. The molecule has 0 N–H and O–H groups in total. The number of nitrogens with zero attached hydrogens (tertiary/aromatic N) is 3. The standard InChI is InChI=1S/C20H21N3O2/c1-13-9-14(2)22-19(21-13)16-7-8-23(11-16)20(24)17-10-15-5-3-4-6-18(15)25-12-17/h3-6,9-10,16H,7-8,11-12H2,1-2H3. The highest BCUT2D eigenvalue weighted by atomic mass is 16.5. The number of likely N-dealkylation sites (tertiary alicyclic amines) is 1. The van der Waals surface area contributed by atoms with Gasteiger partial charge in [-0.1, -0.05) is 18.2 Å². The summed E-state index contributed by atoms with van der Waals surface area (Å²) in [6.45, 7) is 5.70. The molecule has 0 radical (unpaired) electrons. The second kappa shape index (κ2) is 6.31. The highest BCUT2D eigenvalue weighted by Crippen LogP contribution is 2.29. The van der Waals surface area contributed by atoms with Crippen LogP contribution in [-0.2, 0) is 4.79 Å². The van der Waals surface area contributed by atoms with E-state index in [4.69, 9.17) is 4.74 Å². The number of amides is 1. The molecule has 1 atom stereocenters. The van der Waals surface area contributed by atoms with Crippen molar-refractivity contribution in [3.63, 3.8) is 0 Å². The summed E-state index contributed by atoms with van der Waals surface area (Å²) in [5, 5.41) is 0. The summed E-state index contributed by atoms with van der Waals surface area (Å²) in [6.07, 6.45) is 2.85. The lowest BCUT2D eigenvalue weighted by Crippen LogP contribution is -2.32. The van der Waals surface area contributed by atoms with Crippen molar-refractivity contribution in [1.82, 2.24) is 14.9 Å². The lowest BCUT2D eigenvalue weighted by molar-refractivity contribution is -0.126. The van der Waals surface area contributed by atoms with Crippen LogP contribution in [0.1, 0.15) is 35.1 Å². The number of benzene rings is 1. The summed E-state index contributed by atoms with van der Waals surface area (Å²) in [5.74, 6) is 1.95. The minimum Gasteiger partial charge on any atom is -0.488 e. The van der Waals surface area contributed by atoms with Gasteiger partial charge in [-0.05, 0) is 38.5 Å². The van der Waals surface area contributed by atoms with Crippen LogP contribution in [0.25, 0.3) is 6.08 Å². The first-order valence-electron chi connectivity index (χ1n) is 8.64. The lowest BCUT2D eigenvalue weighted by atomic mass is 10.1. The van der Waals surface area contributed by atoms with E-state index in [9.17, 15) is 4.79 Å². The van der Waals surface area contributed by atoms with E-state index in [1.165, 1.54) is 0 Å². The summed E-state index contributed by atoms with van der Waals surface area (Å²) in [4.78, 5) is 23.9. The Kier molecular flexibility index (Phi) is 3.99. The molecule has 1 aromatic heterocycles. The number of carbonyl (C=O) groups is 1. The fourth-order valence-electron chi connectivity index (χ4n) is 3.53. The van der Waals surface area contributed by atoms with E-state index < -0.39 is 0 Å². The third-order valence-corrected chi connectivity index (χ3v) is 4.75. The molecule has 2 aliphatic rings. The first-order valence-corrected chi connectivity index (χ1v) is 8.64. The number of aryl methyl sites for hydroxylation is 2. The van der Waals surface area contributed by atoms with Gasteiger partial charge < -0.3 is 9.64 Å². The highest BCUT2D eigenvalue weighted by molar-refractivity contribution is 5.99. The van der Waals surface area contributed by atoms with Crippen LogP contribution in [-0.4, -0.2) is 40.5 Å². The van der Waals surface area contributed by atoms with E-state index in [1.54, 1.807) is 0 Å². The normalized spacial score (nSPS) is 19.2. The Hall–Kier alpha value is -2.69. The summed E-state index contributed by atoms with van der Waals surface area (Å²) < 4.78 is 5.72. The molecule has 1 aromatic carbocycles. The monoisotopic (exact) mass is 335 g/mol. The van der Waals surface area contributed by atoms with Crippen molar-refractivity contribution < 1.29 is 9.53 Å². The van der Waals surface area contributed by atoms with E-state index in [0.717, 1.165) is 41.5 Å². The molecule has 0 bridgehead atoms. The third kappa shape index (κ3) is 3.14. The maximum atomic E-state index is 12.9. The van der Waals surface area contributed by atoms with Gasteiger partial charge in [0.1, 0.15) is 18.2 Å². The maximum absolute atomic E-state index is 12.9. The summed E-state index contributed by atoms with van der Waals surface area (Å²) >= 11 is 0. The van der Waals surface area contributed by atoms with Gasteiger partial charge in [0.15, 0.2) is 0 Å². The Bertz CT molecular complexity index is 840. The first kappa shape index (κ1) is 15.8. The van der Waals surface area contributed by atoms with Gasteiger partial charge in [-0.3, -0.25) is 4.79 Å². The van der Waals surface area contributed by atoms with E-state index >= 15 is 0 Å². The Balaban J connectivity index is 1.50. The molecule has 1 unspecified atom stereocenters. The maximum Gasteiger partial charge on any atom is 0.253 e. The average Bonchev–Trinajstić information content (AvgIpc) is 3.10. The Labute approximate surface area is 147 Å². The van der Waals surface area contributed by atoms with Gasteiger partial charge in [0.25, 0.3) is 5.91 Å². The number of carbonyl (C=O) groups excluding carboxylic acids is 1. The van der Waals surface area contributed by atoms with Gasteiger partial charge >= 0.3 is 0 Å². The van der Waals surface area contributed by atoms with Crippen molar-refractivity contribution in [3.05, 3.63) is 58.7 Å². The van der Waals surface area contributed by atoms with Gasteiger partial charge in [-0.25, -0.2) is 9.97 Å². The second-order valence-corrected chi connectivity index (χ2v) is 6.74. The number of aromatic nitrogens is 2. The third-order valence-electron chi connectivity index (χ3n) is 4.75. The Morgan fingerprint density at radius 1 is 1.20 bits per heavy atom. The fraction of sp³-hybridized carbons (Fsp3) is 0.350. The van der Waals surface area contributed by atoms with Crippen LogP contribution < -0.4 is 4.74 Å². The fourth-order valence-corrected chi connectivity index (χ4v) is 3.53. The molecule has 5 nitrogen and oxygen atoms in total. The molecule has 0 aliphatic carbocycles. The van der Waals surface area contributed by atoms with E-state index in [1.807, 2.05) is 55.2 Å². The highest BCUT2D eigenvalue weighted by Gasteiger charge is 2.31. The van der Waals surface area contributed by atoms with Crippen molar-refractivity contribution >= 4 is 12.0 Å². The van der Waals surface area contributed by atoms with Gasteiger partial charge in [0, 0.05) is 36.0 Å². The summed E-state index contributed by atoms with van der Waals surface area (Å²) in [5.41, 5.74) is 3.63. The number of hydrogen-bond donors (Lipinski definition) is 0. The van der Waals surface area contributed by atoms with Gasteiger partial charge in [-0.15, -0.1) is 0 Å². The molecule has 1 saturated heterocycles. The number of rotatable bonds is 2. The topological polar surface area (TPSA) is 55.3 Å². The molecule has 25 heavy (non-hydrogen) atoms. The van der Waals surface area contributed by atoms with E-state index in [2.05, 4.69) is 9.97 Å². The molecule has 2 aromatic rings. The Morgan fingerprint density at radius 3 is 2.76 bits per heavy atom. The number of ether oxygens (including phenoxy) is 1. The van der Waals surface area contributed by atoms with E-state index in [0.29, 0.717) is 18.7 Å². The molecular weight excluding hydrogens is 314 g/mol. The van der Waals surface area contributed by atoms with Gasteiger partial charge in [0.2, 0.25) is 0 Å². The van der Waals surface area contributed by atoms with Crippen molar-refractivity contribution in [1.29, 1.82) is 0 Å². The van der Waals surface area contributed by atoms with Crippen LogP contribution in [0.4, 0.5) is 0 Å². The first-order chi connectivity index (χ1) is 12.1. The smallest absolute Gasteiger partial charge is 0.253 e. The molecule has 0 spiro atoms. The predicted octanol–water partition coefficient (Wildman–Crippen LogP) is 2.89. The van der Waals surface area contributed by atoms with Crippen molar-refractivity contribution in [2.45, 2.75) is 26.2 Å². The second-order valence-electron chi connectivity index (χ2n) is 6.74. The van der Waals surface area contributed by atoms with Crippen LogP contribution in [0.3, 0.4) is 0 Å². The van der Waals surface area contributed by atoms with Crippen LogP contribution in [0, 0.1) is 13.8 Å². The van der Waals surface area contributed by atoms with Crippen molar-refractivity contribution in [2.24, 2.45) is 0 Å². The molecule has 1 amide bonds. The van der Waals surface area contributed by atoms with Crippen molar-refractivity contribution in [2.75, 3.05) is 19.7 Å². The van der Waals surface area contributed by atoms with Crippen LogP contribution in [0.5, 0.6) is 5.75 Å². The molecule has 5 heteroatoms. The molecular formula is C20H21N3O2. The minimum atomic E-state index is 0.0568. The number of para-hydroxylation sites is 1. The molecule has 1 fully saturated rings. The molecule has 4 rings (SSSR count). The predicted molar refractivity (Wildman–Crippen MR) is 95.4 cm³/mol. The van der Waals surface area contributed by atoms with Gasteiger partial charge in [-0.2, -0.15) is 0 Å². The minimum absolute atomic E-state index is 0.0568. The molecule has 2 aliphatic heterocycles. The molecule has 128 valence electrons. The molecule has 3 heterocycles. The van der Waals surface area contributed by atoms with Gasteiger partial charge in [0.05, 0.1) is 5.57 Å². The van der Waals surface area contributed by atoms with Crippen LogP contribution >= 0.6 is 0 Å². The Morgan fingerprint density at radius 2 is 1.96 bits per heavy atom. The zero-order valence-corrected chi connectivity index (χ0v) is 14.5. The SMILES string of the molecule is Cc1cc(C)nc(C2CCN(C(=O)C3=Cc4ccccc4OC3)C2)n1. The number of hydrogen-bond acceptors (Lipinski definition) is 4. The van der Waals surface area contributed by atoms with Crippen molar-refractivity contribution in [3.8, 4) is 5.75 Å². The quantitative estimate of drug-likeness (QED) is 0.847. The van der Waals surface area contributed by atoms with Crippen LogP contribution in [0.2, 0.25) is 0 Å². The summed E-state index contributed by atoms with van der Waals surface area (Å²) in [6, 6.07) is 9.76. The summed E-state index contributed by atoms with van der Waals surface area (Å²) in [7, 11) is 0. The number of fused-ring (bicyclic) bond motifs is 1. The zero-order valence-electron chi connectivity index (χ0n) is 14.5. The average molecular weight is 335 g/mol. The largest absolute Gasteiger partial charge is 0.488 e.